The number of hydrogen-bond acceptors (Lipinski definition) is 3. The van der Waals surface area contributed by atoms with Gasteiger partial charge < -0.3 is 0 Å². The van der Waals surface area contributed by atoms with Crippen molar-refractivity contribution in [1.29, 1.82) is 0 Å². The van der Waals surface area contributed by atoms with Gasteiger partial charge in [0.25, 0.3) is 0 Å². The van der Waals surface area contributed by atoms with Gasteiger partial charge in [0.1, 0.15) is 11.4 Å². The molecule has 96 valence electrons. The fraction of sp³-hybridized carbons (Fsp3) is 0.727. The van der Waals surface area contributed by atoms with Gasteiger partial charge in [-0.25, -0.2) is 0 Å². The maximum atomic E-state index is 11.1. The molecule has 1 aromatic rings. The van der Waals surface area contributed by atoms with Crippen molar-refractivity contribution in [3.63, 3.8) is 0 Å². The smallest absolute Gasteiger partial charge is 0.262 e. The number of rotatable bonds is 5. The molecule has 0 aromatic carbocycles. The van der Waals surface area contributed by atoms with E-state index in [9.17, 15) is 10.1 Å². The highest BCUT2D eigenvalue weighted by atomic mass is 79.9. The highest BCUT2D eigenvalue weighted by Crippen LogP contribution is 2.33. The number of aryl methyl sites for hydroxylation is 2. The zero-order valence-corrected chi connectivity index (χ0v) is 12.2. The van der Waals surface area contributed by atoms with Crippen molar-refractivity contribution in [2.45, 2.75) is 51.4 Å². The van der Waals surface area contributed by atoms with Crippen LogP contribution in [0.4, 0.5) is 5.69 Å². The first-order valence-corrected chi connectivity index (χ1v) is 6.67. The van der Waals surface area contributed by atoms with Crippen LogP contribution in [0.5, 0.6) is 0 Å². The molecule has 2 atom stereocenters. The van der Waals surface area contributed by atoms with E-state index in [0.29, 0.717) is 12.2 Å². The summed E-state index contributed by atoms with van der Waals surface area (Å²) in [4.78, 5) is 11.0. The lowest BCUT2D eigenvalue weighted by Crippen LogP contribution is -2.14. The normalized spacial score (nSPS) is 14.6. The lowest BCUT2D eigenvalue weighted by Gasteiger charge is -2.15. The third-order valence-corrected chi connectivity index (χ3v) is 3.67. The summed E-state index contributed by atoms with van der Waals surface area (Å²) in [5, 5.41) is 15.4. The summed E-state index contributed by atoms with van der Waals surface area (Å²) in [6.07, 6.45) is 0.911. The topological polar surface area (TPSA) is 61.0 Å². The van der Waals surface area contributed by atoms with Crippen molar-refractivity contribution in [1.82, 2.24) is 9.78 Å². The molecule has 0 spiro atoms. The molecule has 2 unspecified atom stereocenters. The second kappa shape index (κ2) is 5.62. The van der Waals surface area contributed by atoms with E-state index in [1.165, 1.54) is 0 Å². The van der Waals surface area contributed by atoms with Crippen LogP contribution >= 0.6 is 15.9 Å². The molecule has 17 heavy (non-hydrogen) atoms. The Morgan fingerprint density at radius 3 is 2.53 bits per heavy atom. The van der Waals surface area contributed by atoms with E-state index in [-0.39, 0.29) is 21.4 Å². The average Bonchev–Trinajstić information content (AvgIpc) is 2.54. The average molecular weight is 304 g/mol. The molecule has 1 heterocycles. The van der Waals surface area contributed by atoms with Crippen LogP contribution in [-0.4, -0.2) is 19.5 Å². The van der Waals surface area contributed by atoms with Crippen molar-refractivity contribution in [2.24, 2.45) is 0 Å². The molecule has 0 N–H and O–H groups in total. The van der Waals surface area contributed by atoms with Gasteiger partial charge >= 0.3 is 5.69 Å². The SMILES string of the molecule is CCCn1nc(C)c([N+](=O)[O-])c1C(C)C(C)Br. The molecule has 0 bridgehead atoms. The van der Waals surface area contributed by atoms with E-state index in [4.69, 9.17) is 0 Å². The summed E-state index contributed by atoms with van der Waals surface area (Å²) in [7, 11) is 0. The quantitative estimate of drug-likeness (QED) is 0.476. The van der Waals surface area contributed by atoms with E-state index in [1.54, 1.807) is 11.6 Å². The van der Waals surface area contributed by atoms with Crippen LogP contribution in [-0.2, 0) is 6.54 Å². The van der Waals surface area contributed by atoms with Crippen LogP contribution in [0, 0.1) is 17.0 Å². The van der Waals surface area contributed by atoms with Gasteiger partial charge in [0, 0.05) is 17.3 Å². The molecule has 0 amide bonds. The third-order valence-electron chi connectivity index (χ3n) is 2.87. The molecule has 1 rings (SSSR count). The van der Waals surface area contributed by atoms with Crippen molar-refractivity contribution >= 4 is 21.6 Å². The number of nitro groups is 1. The van der Waals surface area contributed by atoms with E-state index >= 15 is 0 Å². The van der Waals surface area contributed by atoms with Crippen LogP contribution in [0.3, 0.4) is 0 Å². The molecule has 0 aliphatic carbocycles. The molecule has 0 aliphatic rings. The number of halogens is 1. The highest BCUT2D eigenvalue weighted by Gasteiger charge is 2.30. The van der Waals surface area contributed by atoms with Crippen LogP contribution in [0.2, 0.25) is 0 Å². The van der Waals surface area contributed by atoms with Crippen LogP contribution in [0.25, 0.3) is 0 Å². The Hall–Kier alpha value is -0.910. The molecular formula is C11H18BrN3O2. The zero-order chi connectivity index (χ0) is 13.2. The summed E-state index contributed by atoms with van der Waals surface area (Å²) < 4.78 is 1.77. The molecule has 0 fully saturated rings. The van der Waals surface area contributed by atoms with Gasteiger partial charge in [-0.2, -0.15) is 5.10 Å². The predicted octanol–water partition coefficient (Wildman–Crippen LogP) is 3.40. The second-order valence-electron chi connectivity index (χ2n) is 4.27. The summed E-state index contributed by atoms with van der Waals surface area (Å²) in [6.45, 7) is 8.42. The predicted molar refractivity (Wildman–Crippen MR) is 70.7 cm³/mol. The Kier molecular flexibility index (Phi) is 4.68. The lowest BCUT2D eigenvalue weighted by molar-refractivity contribution is -0.386. The van der Waals surface area contributed by atoms with Crippen molar-refractivity contribution < 1.29 is 4.92 Å². The minimum Gasteiger partial charge on any atom is -0.262 e. The maximum Gasteiger partial charge on any atom is 0.313 e. The van der Waals surface area contributed by atoms with Crippen LogP contribution in [0.15, 0.2) is 0 Å². The minimum atomic E-state index is -0.324. The molecule has 5 nitrogen and oxygen atoms in total. The zero-order valence-electron chi connectivity index (χ0n) is 10.6. The minimum absolute atomic E-state index is 0.0585. The molecule has 0 radical (unpaired) electrons. The lowest BCUT2D eigenvalue weighted by atomic mass is 10.0. The second-order valence-corrected chi connectivity index (χ2v) is 5.71. The first-order valence-electron chi connectivity index (χ1n) is 5.75. The van der Waals surface area contributed by atoms with Gasteiger partial charge in [-0.3, -0.25) is 14.8 Å². The largest absolute Gasteiger partial charge is 0.313 e. The molecule has 0 saturated heterocycles. The summed E-state index contributed by atoms with van der Waals surface area (Å²) in [6, 6.07) is 0. The molecule has 1 aromatic heterocycles. The van der Waals surface area contributed by atoms with Gasteiger partial charge in [-0.1, -0.05) is 36.7 Å². The van der Waals surface area contributed by atoms with Crippen molar-refractivity contribution in [3.8, 4) is 0 Å². The standard InChI is InChI=1S/C11H18BrN3O2/c1-5-6-14-10(7(2)8(3)12)11(15(16)17)9(4)13-14/h7-8H,5-6H2,1-4H3. The third kappa shape index (κ3) is 2.86. The number of nitrogens with zero attached hydrogens (tertiary/aromatic N) is 3. The van der Waals surface area contributed by atoms with Crippen LogP contribution < -0.4 is 0 Å². The van der Waals surface area contributed by atoms with Gasteiger partial charge in [-0.15, -0.1) is 0 Å². The van der Waals surface area contributed by atoms with Crippen molar-refractivity contribution in [2.75, 3.05) is 0 Å². The Morgan fingerprint density at radius 2 is 2.12 bits per heavy atom. The van der Waals surface area contributed by atoms with E-state index in [2.05, 4.69) is 21.0 Å². The van der Waals surface area contributed by atoms with E-state index < -0.39 is 0 Å². The first kappa shape index (κ1) is 14.2. The van der Waals surface area contributed by atoms with Crippen LogP contribution in [0.1, 0.15) is 44.5 Å². The van der Waals surface area contributed by atoms with Crippen molar-refractivity contribution in [3.05, 3.63) is 21.5 Å². The monoisotopic (exact) mass is 303 g/mol. The summed E-state index contributed by atoms with van der Waals surface area (Å²) in [5.74, 6) is 0.0585. The molecule has 6 heteroatoms. The van der Waals surface area contributed by atoms with Gasteiger partial charge in [0.2, 0.25) is 0 Å². The highest BCUT2D eigenvalue weighted by molar-refractivity contribution is 9.09. The van der Waals surface area contributed by atoms with Gasteiger partial charge in [0.05, 0.1) is 4.92 Å². The van der Waals surface area contributed by atoms with E-state index in [1.807, 2.05) is 20.8 Å². The Morgan fingerprint density at radius 1 is 1.53 bits per heavy atom. The Bertz CT molecular complexity index is 415. The van der Waals surface area contributed by atoms with Gasteiger partial charge in [0.15, 0.2) is 0 Å². The Balaban J connectivity index is 3.34. The Labute approximate surface area is 109 Å². The molecule has 0 aliphatic heterocycles. The molecular weight excluding hydrogens is 286 g/mol. The number of hydrogen-bond donors (Lipinski definition) is 0. The fourth-order valence-electron chi connectivity index (χ4n) is 1.87. The first-order chi connectivity index (χ1) is 7.90. The fourth-order valence-corrected chi connectivity index (χ4v) is 2.12. The molecule has 0 saturated carbocycles. The van der Waals surface area contributed by atoms with E-state index in [0.717, 1.165) is 12.1 Å². The number of alkyl halides is 1. The maximum absolute atomic E-state index is 11.1. The number of aromatic nitrogens is 2. The van der Waals surface area contributed by atoms with Gasteiger partial charge in [-0.05, 0) is 13.3 Å². The summed E-state index contributed by atoms with van der Waals surface area (Å²) in [5.41, 5.74) is 1.38. The summed E-state index contributed by atoms with van der Waals surface area (Å²) >= 11 is 3.49.